The van der Waals surface area contributed by atoms with Crippen LogP contribution in [0.25, 0.3) is 0 Å². The van der Waals surface area contributed by atoms with Crippen molar-refractivity contribution >= 4 is 11.7 Å². The van der Waals surface area contributed by atoms with Crippen molar-refractivity contribution in [2.24, 2.45) is 11.7 Å². The van der Waals surface area contributed by atoms with E-state index in [2.05, 4.69) is 10.3 Å². The van der Waals surface area contributed by atoms with Crippen LogP contribution >= 0.6 is 0 Å². The molecule has 2 rings (SSSR count). The number of H-pyrrole nitrogens is 1. The van der Waals surface area contributed by atoms with Crippen molar-refractivity contribution < 1.29 is 9.59 Å². The van der Waals surface area contributed by atoms with Gasteiger partial charge < -0.3 is 16.0 Å². The number of aromatic amines is 1. The fraction of sp³-hybridized carbons (Fsp3) is 0.667. The highest BCUT2D eigenvalue weighted by Gasteiger charge is 2.27. The van der Waals surface area contributed by atoms with Gasteiger partial charge in [-0.3, -0.25) is 9.59 Å². The van der Waals surface area contributed by atoms with Crippen LogP contribution in [0, 0.1) is 12.8 Å². The Bertz CT molecular complexity index is 571. The number of hydrogen-bond acceptors (Lipinski definition) is 3. The second-order valence-corrected chi connectivity index (χ2v) is 6.60. The molecule has 0 radical (unpaired) electrons. The monoisotopic (exact) mass is 319 g/mol. The van der Waals surface area contributed by atoms with Gasteiger partial charge in [0.25, 0.3) is 5.91 Å². The molecule has 1 heterocycles. The number of rotatable bonds is 6. The van der Waals surface area contributed by atoms with Crippen molar-refractivity contribution in [1.29, 1.82) is 0 Å². The molecule has 0 saturated heterocycles. The lowest BCUT2D eigenvalue weighted by atomic mass is 9.84. The summed E-state index contributed by atoms with van der Waals surface area (Å²) < 4.78 is 0. The van der Waals surface area contributed by atoms with E-state index in [1.165, 1.54) is 19.3 Å². The normalized spacial score (nSPS) is 17.0. The summed E-state index contributed by atoms with van der Waals surface area (Å²) in [6.07, 6.45) is 6.62. The molecule has 1 aliphatic carbocycles. The molecule has 5 nitrogen and oxygen atoms in total. The molecule has 5 heteroatoms. The standard InChI is InChI=1S/C18H29N3O2/c1-4-14-16(12(3)22)11(2)20-17(14)18(23)21-15(10-19)13-8-6-5-7-9-13/h13,15,20H,4-10,19H2,1-3H3,(H,21,23). The molecule has 4 N–H and O–H groups in total. The Hall–Kier alpha value is -1.62. The summed E-state index contributed by atoms with van der Waals surface area (Å²) in [7, 11) is 0. The minimum atomic E-state index is -0.140. The van der Waals surface area contributed by atoms with Crippen LogP contribution in [0.15, 0.2) is 0 Å². The van der Waals surface area contributed by atoms with Gasteiger partial charge in [0, 0.05) is 23.8 Å². The minimum absolute atomic E-state index is 0.00250. The van der Waals surface area contributed by atoms with Crippen LogP contribution in [0.5, 0.6) is 0 Å². The second-order valence-electron chi connectivity index (χ2n) is 6.60. The molecule has 23 heavy (non-hydrogen) atoms. The quantitative estimate of drug-likeness (QED) is 0.704. The average molecular weight is 319 g/mol. The molecule has 1 amide bonds. The largest absolute Gasteiger partial charge is 0.354 e. The summed E-state index contributed by atoms with van der Waals surface area (Å²) in [5, 5.41) is 3.10. The average Bonchev–Trinajstić information content (AvgIpc) is 2.90. The second kappa shape index (κ2) is 7.77. The summed E-state index contributed by atoms with van der Waals surface area (Å²) in [6.45, 7) is 5.81. The molecule has 1 fully saturated rings. The molecule has 1 aliphatic rings. The zero-order valence-corrected chi connectivity index (χ0v) is 14.5. The van der Waals surface area contributed by atoms with E-state index in [0.717, 1.165) is 24.1 Å². The lowest BCUT2D eigenvalue weighted by molar-refractivity contribution is 0.0910. The molecule has 0 spiro atoms. The lowest BCUT2D eigenvalue weighted by Gasteiger charge is -2.30. The molecule has 1 unspecified atom stereocenters. The summed E-state index contributed by atoms with van der Waals surface area (Å²) in [6, 6.07) is 0.0110. The molecule has 1 saturated carbocycles. The maximum atomic E-state index is 12.7. The van der Waals surface area contributed by atoms with E-state index in [-0.39, 0.29) is 17.7 Å². The number of aryl methyl sites for hydroxylation is 1. The molecule has 1 aromatic rings. The number of hydrogen-bond donors (Lipinski definition) is 3. The van der Waals surface area contributed by atoms with E-state index < -0.39 is 0 Å². The Kier molecular flexibility index (Phi) is 5.99. The number of carbonyl (C=O) groups excluding carboxylic acids is 2. The Morgan fingerprint density at radius 2 is 1.96 bits per heavy atom. The number of amides is 1. The highest BCUT2D eigenvalue weighted by Crippen LogP contribution is 2.27. The molecule has 1 aromatic heterocycles. The van der Waals surface area contributed by atoms with Crippen LogP contribution in [0.3, 0.4) is 0 Å². The first-order valence-electron chi connectivity index (χ1n) is 8.72. The number of nitrogens with two attached hydrogens (primary N) is 1. The van der Waals surface area contributed by atoms with Gasteiger partial charge in [-0.1, -0.05) is 26.2 Å². The number of nitrogens with one attached hydrogen (secondary N) is 2. The summed E-state index contributed by atoms with van der Waals surface area (Å²) >= 11 is 0. The Morgan fingerprint density at radius 3 is 2.48 bits per heavy atom. The molecular formula is C18H29N3O2. The predicted octanol–water partition coefficient (Wildman–Crippen LogP) is 2.73. The van der Waals surface area contributed by atoms with Crippen molar-refractivity contribution in [3.8, 4) is 0 Å². The van der Waals surface area contributed by atoms with E-state index in [4.69, 9.17) is 5.73 Å². The highest BCUT2D eigenvalue weighted by atomic mass is 16.2. The van der Waals surface area contributed by atoms with Crippen molar-refractivity contribution in [1.82, 2.24) is 10.3 Å². The van der Waals surface area contributed by atoms with Crippen LogP contribution in [-0.2, 0) is 6.42 Å². The number of Topliss-reactive ketones (excluding diaryl/α,β-unsaturated/α-hetero) is 1. The zero-order valence-electron chi connectivity index (χ0n) is 14.5. The highest BCUT2D eigenvalue weighted by molar-refractivity contribution is 6.02. The zero-order chi connectivity index (χ0) is 17.0. The van der Waals surface area contributed by atoms with E-state index in [0.29, 0.717) is 30.1 Å². The molecule has 0 aliphatic heterocycles. The maximum absolute atomic E-state index is 12.7. The lowest BCUT2D eigenvalue weighted by Crippen LogP contribution is -2.46. The van der Waals surface area contributed by atoms with Crippen molar-refractivity contribution in [3.63, 3.8) is 0 Å². The fourth-order valence-corrected chi connectivity index (χ4v) is 3.85. The van der Waals surface area contributed by atoms with E-state index in [1.807, 2.05) is 13.8 Å². The molecule has 1 atom stereocenters. The Morgan fingerprint density at radius 1 is 1.30 bits per heavy atom. The SMILES string of the molecule is CCc1c(C(=O)NC(CN)C2CCCCC2)[nH]c(C)c1C(C)=O. The van der Waals surface area contributed by atoms with E-state index in [1.54, 1.807) is 6.92 Å². The van der Waals surface area contributed by atoms with Gasteiger partial charge in [0.05, 0.1) is 0 Å². The number of aromatic nitrogens is 1. The molecule has 0 bridgehead atoms. The Balaban J connectivity index is 2.19. The van der Waals surface area contributed by atoms with Gasteiger partial charge in [-0.2, -0.15) is 0 Å². The van der Waals surface area contributed by atoms with Crippen molar-refractivity contribution in [2.45, 2.75) is 65.3 Å². The smallest absolute Gasteiger partial charge is 0.268 e. The van der Waals surface area contributed by atoms with Crippen molar-refractivity contribution in [3.05, 3.63) is 22.5 Å². The molecule has 0 aromatic carbocycles. The van der Waals surface area contributed by atoms with Gasteiger partial charge in [-0.15, -0.1) is 0 Å². The summed E-state index contributed by atoms with van der Waals surface area (Å²) in [5.74, 6) is 0.321. The predicted molar refractivity (Wildman–Crippen MR) is 91.8 cm³/mol. The molecular weight excluding hydrogens is 290 g/mol. The number of carbonyl (C=O) groups is 2. The van der Waals surface area contributed by atoms with Crippen LogP contribution in [-0.4, -0.2) is 29.3 Å². The van der Waals surface area contributed by atoms with Crippen LogP contribution in [0.2, 0.25) is 0 Å². The first-order valence-corrected chi connectivity index (χ1v) is 8.72. The van der Waals surface area contributed by atoms with Crippen LogP contribution in [0.1, 0.15) is 78.1 Å². The summed E-state index contributed by atoms with van der Waals surface area (Å²) in [4.78, 5) is 27.7. The minimum Gasteiger partial charge on any atom is -0.354 e. The third kappa shape index (κ3) is 3.83. The topological polar surface area (TPSA) is 88.0 Å². The van der Waals surface area contributed by atoms with Gasteiger partial charge in [0.2, 0.25) is 0 Å². The number of ketones is 1. The summed E-state index contributed by atoms with van der Waals surface area (Å²) in [5.41, 5.74) is 8.65. The van der Waals surface area contributed by atoms with Gasteiger partial charge in [0.15, 0.2) is 5.78 Å². The van der Waals surface area contributed by atoms with Crippen LogP contribution < -0.4 is 11.1 Å². The van der Waals surface area contributed by atoms with Gasteiger partial charge in [-0.05, 0) is 44.6 Å². The molecule has 128 valence electrons. The maximum Gasteiger partial charge on any atom is 0.268 e. The third-order valence-corrected chi connectivity index (χ3v) is 5.01. The fourth-order valence-electron chi connectivity index (χ4n) is 3.85. The van der Waals surface area contributed by atoms with Crippen LogP contribution in [0.4, 0.5) is 0 Å². The first-order chi connectivity index (χ1) is 11.0. The van der Waals surface area contributed by atoms with Gasteiger partial charge in [-0.25, -0.2) is 0 Å². The van der Waals surface area contributed by atoms with E-state index >= 15 is 0 Å². The third-order valence-electron chi connectivity index (χ3n) is 5.01. The van der Waals surface area contributed by atoms with E-state index in [9.17, 15) is 9.59 Å². The van der Waals surface area contributed by atoms with Gasteiger partial charge in [0.1, 0.15) is 5.69 Å². The first kappa shape index (κ1) is 17.7. The Labute approximate surface area is 138 Å². The van der Waals surface area contributed by atoms with Gasteiger partial charge >= 0.3 is 0 Å². The van der Waals surface area contributed by atoms with Crippen molar-refractivity contribution in [2.75, 3.05) is 6.54 Å².